The Morgan fingerprint density at radius 3 is 2.85 bits per heavy atom. The van der Waals surface area contributed by atoms with Crippen LogP contribution in [0.15, 0.2) is 30.7 Å². The zero-order valence-electron chi connectivity index (χ0n) is 10.8. The number of carbonyl (C=O) groups excluding carboxylic acids is 1. The van der Waals surface area contributed by atoms with Crippen LogP contribution in [0.25, 0.3) is 0 Å². The summed E-state index contributed by atoms with van der Waals surface area (Å²) < 4.78 is 2.94. The fourth-order valence-electron chi connectivity index (χ4n) is 1.75. The average molecular weight is 277 g/mol. The van der Waals surface area contributed by atoms with Crippen LogP contribution in [0.1, 0.15) is 16.9 Å². The molecule has 0 atom stereocenters. The van der Waals surface area contributed by atoms with E-state index in [1.807, 2.05) is 12.3 Å². The van der Waals surface area contributed by atoms with Crippen LogP contribution in [0, 0.1) is 0 Å². The number of aliphatic carboxylic acids is 1. The highest BCUT2D eigenvalue weighted by atomic mass is 16.4. The van der Waals surface area contributed by atoms with Crippen molar-refractivity contribution in [1.82, 2.24) is 24.9 Å². The van der Waals surface area contributed by atoms with Crippen molar-refractivity contribution in [3.8, 4) is 0 Å². The lowest BCUT2D eigenvalue weighted by atomic mass is 10.3. The minimum absolute atomic E-state index is 0.242. The second-order valence-electron chi connectivity index (χ2n) is 4.15. The number of carboxylic acids is 1. The zero-order valence-corrected chi connectivity index (χ0v) is 10.8. The first-order chi connectivity index (χ1) is 9.66. The molecule has 2 N–H and O–H groups in total. The molecule has 20 heavy (non-hydrogen) atoms. The van der Waals surface area contributed by atoms with Gasteiger partial charge in [0.1, 0.15) is 12.2 Å². The van der Waals surface area contributed by atoms with Gasteiger partial charge in [0, 0.05) is 31.7 Å². The molecule has 0 aromatic carbocycles. The Bertz CT molecular complexity index is 576. The molecule has 0 aliphatic heterocycles. The van der Waals surface area contributed by atoms with Gasteiger partial charge >= 0.3 is 5.97 Å². The van der Waals surface area contributed by atoms with Gasteiger partial charge in [0.05, 0.1) is 0 Å². The summed E-state index contributed by atoms with van der Waals surface area (Å²) in [6.07, 6.45) is 5.69. The van der Waals surface area contributed by atoms with Crippen LogP contribution in [0.3, 0.4) is 0 Å². The third-order valence-electron chi connectivity index (χ3n) is 2.64. The maximum absolute atomic E-state index is 11.9. The van der Waals surface area contributed by atoms with Gasteiger partial charge in [-0.3, -0.25) is 14.3 Å². The monoisotopic (exact) mass is 277 g/mol. The van der Waals surface area contributed by atoms with Gasteiger partial charge in [-0.05, 0) is 18.6 Å². The van der Waals surface area contributed by atoms with E-state index >= 15 is 0 Å². The Morgan fingerprint density at radius 1 is 1.30 bits per heavy atom. The fourth-order valence-corrected chi connectivity index (χ4v) is 1.75. The topological polar surface area (TPSA) is 102 Å². The molecule has 1 amide bonds. The highest BCUT2D eigenvalue weighted by Gasteiger charge is 2.13. The summed E-state index contributed by atoms with van der Waals surface area (Å²) in [5.41, 5.74) is 0.242. The van der Waals surface area contributed by atoms with E-state index in [2.05, 4.69) is 15.5 Å². The second-order valence-corrected chi connectivity index (χ2v) is 4.15. The molecule has 0 saturated heterocycles. The molecule has 0 spiro atoms. The first-order valence-electron chi connectivity index (χ1n) is 6.16. The molecule has 0 aliphatic rings. The minimum Gasteiger partial charge on any atom is -0.480 e. The quantitative estimate of drug-likeness (QED) is 0.693. The molecule has 2 heterocycles. The van der Waals surface area contributed by atoms with Gasteiger partial charge in [-0.1, -0.05) is 0 Å². The summed E-state index contributed by atoms with van der Waals surface area (Å²) in [6.45, 7) is 0.863. The summed E-state index contributed by atoms with van der Waals surface area (Å²) in [5.74, 6) is -1.37. The summed E-state index contributed by atoms with van der Waals surface area (Å²) in [7, 11) is 0. The molecular formula is C12H15N5O3. The van der Waals surface area contributed by atoms with E-state index in [1.54, 1.807) is 10.9 Å². The van der Waals surface area contributed by atoms with Crippen molar-refractivity contribution < 1.29 is 14.7 Å². The lowest BCUT2D eigenvalue weighted by Crippen LogP contribution is -2.28. The average Bonchev–Trinajstić information content (AvgIpc) is 3.04. The molecule has 2 aromatic rings. The standard InChI is InChI=1S/C12H15N5O3/c18-11(19)9-17-10(3-6-15-17)12(20)13-4-1-7-16-8-2-5-14-16/h2-3,5-6,8H,1,4,7,9H2,(H,13,20)(H,18,19). The Kier molecular flexibility index (Phi) is 4.48. The van der Waals surface area contributed by atoms with Crippen LogP contribution < -0.4 is 5.32 Å². The van der Waals surface area contributed by atoms with Gasteiger partial charge in [-0.25, -0.2) is 4.68 Å². The molecule has 2 rings (SSSR count). The molecule has 0 fully saturated rings. The first-order valence-corrected chi connectivity index (χ1v) is 6.16. The van der Waals surface area contributed by atoms with E-state index < -0.39 is 5.97 Å². The van der Waals surface area contributed by atoms with Crippen LogP contribution >= 0.6 is 0 Å². The molecule has 0 radical (unpaired) electrons. The van der Waals surface area contributed by atoms with Crippen LogP contribution in [-0.2, 0) is 17.9 Å². The minimum atomic E-state index is -1.04. The largest absolute Gasteiger partial charge is 0.480 e. The number of hydrogen-bond donors (Lipinski definition) is 2. The fraction of sp³-hybridized carbons (Fsp3) is 0.333. The molecule has 8 nitrogen and oxygen atoms in total. The van der Waals surface area contributed by atoms with Gasteiger partial charge < -0.3 is 10.4 Å². The number of aromatic nitrogens is 4. The number of rotatable bonds is 7. The Balaban J connectivity index is 1.80. The third kappa shape index (κ3) is 3.67. The molecule has 0 unspecified atom stereocenters. The van der Waals surface area contributed by atoms with E-state index in [4.69, 9.17) is 5.11 Å². The maximum Gasteiger partial charge on any atom is 0.325 e. The normalized spacial score (nSPS) is 10.4. The molecule has 106 valence electrons. The van der Waals surface area contributed by atoms with E-state index in [0.717, 1.165) is 11.1 Å². The highest BCUT2D eigenvalue weighted by Crippen LogP contribution is 1.99. The van der Waals surface area contributed by atoms with E-state index in [0.29, 0.717) is 13.1 Å². The summed E-state index contributed by atoms with van der Waals surface area (Å²) in [4.78, 5) is 22.5. The smallest absolute Gasteiger partial charge is 0.325 e. The Hall–Kier alpha value is -2.64. The molecule has 0 bridgehead atoms. The Morgan fingerprint density at radius 2 is 2.15 bits per heavy atom. The summed E-state index contributed by atoms with van der Waals surface area (Å²) >= 11 is 0. The molecule has 8 heteroatoms. The number of carboxylic acid groups (broad SMARTS) is 1. The first kappa shape index (κ1) is 13.8. The number of amides is 1. The number of aryl methyl sites for hydroxylation is 1. The molecular weight excluding hydrogens is 262 g/mol. The van der Waals surface area contributed by atoms with E-state index in [-0.39, 0.29) is 18.1 Å². The SMILES string of the molecule is O=C(O)Cn1nccc1C(=O)NCCCn1cccn1. The number of hydrogen-bond acceptors (Lipinski definition) is 4. The highest BCUT2D eigenvalue weighted by molar-refractivity contribution is 5.92. The van der Waals surface area contributed by atoms with Crippen LogP contribution in [0.5, 0.6) is 0 Å². The summed E-state index contributed by atoms with van der Waals surface area (Å²) in [6, 6.07) is 3.33. The van der Waals surface area contributed by atoms with Crippen molar-refractivity contribution in [3.05, 3.63) is 36.4 Å². The van der Waals surface area contributed by atoms with Crippen molar-refractivity contribution in [3.63, 3.8) is 0 Å². The lowest BCUT2D eigenvalue weighted by molar-refractivity contribution is -0.137. The van der Waals surface area contributed by atoms with Crippen molar-refractivity contribution >= 4 is 11.9 Å². The van der Waals surface area contributed by atoms with Crippen LogP contribution in [0.2, 0.25) is 0 Å². The van der Waals surface area contributed by atoms with Crippen LogP contribution in [-0.4, -0.2) is 43.1 Å². The van der Waals surface area contributed by atoms with Gasteiger partial charge in [-0.15, -0.1) is 0 Å². The number of nitrogens with zero attached hydrogens (tertiary/aromatic N) is 4. The van der Waals surface area contributed by atoms with Crippen molar-refractivity contribution in [2.75, 3.05) is 6.54 Å². The van der Waals surface area contributed by atoms with Crippen LogP contribution in [0.4, 0.5) is 0 Å². The second kappa shape index (κ2) is 6.50. The van der Waals surface area contributed by atoms with Gasteiger partial charge in [-0.2, -0.15) is 10.2 Å². The Labute approximate surface area is 115 Å². The van der Waals surface area contributed by atoms with E-state index in [1.165, 1.54) is 12.3 Å². The summed E-state index contributed by atoms with van der Waals surface area (Å²) in [5, 5.41) is 19.3. The van der Waals surface area contributed by atoms with E-state index in [9.17, 15) is 9.59 Å². The molecule has 2 aromatic heterocycles. The lowest BCUT2D eigenvalue weighted by Gasteiger charge is -2.07. The van der Waals surface area contributed by atoms with Crippen molar-refractivity contribution in [2.24, 2.45) is 0 Å². The zero-order chi connectivity index (χ0) is 14.4. The van der Waals surface area contributed by atoms with Crippen molar-refractivity contribution in [1.29, 1.82) is 0 Å². The predicted octanol–water partition coefficient (Wildman–Crippen LogP) is -0.0157. The predicted molar refractivity (Wildman–Crippen MR) is 69.0 cm³/mol. The number of carbonyl (C=O) groups is 2. The molecule has 0 aliphatic carbocycles. The molecule has 0 saturated carbocycles. The number of nitrogens with one attached hydrogen (secondary N) is 1. The van der Waals surface area contributed by atoms with Crippen molar-refractivity contribution in [2.45, 2.75) is 19.5 Å². The van der Waals surface area contributed by atoms with Gasteiger partial charge in [0.15, 0.2) is 0 Å². The maximum atomic E-state index is 11.9. The third-order valence-corrected chi connectivity index (χ3v) is 2.64. The van der Waals surface area contributed by atoms with Gasteiger partial charge in [0.25, 0.3) is 5.91 Å². The van der Waals surface area contributed by atoms with Gasteiger partial charge in [0.2, 0.25) is 0 Å².